The van der Waals surface area contributed by atoms with E-state index in [4.69, 9.17) is 5.73 Å². The third-order valence-electron chi connectivity index (χ3n) is 3.66. The van der Waals surface area contributed by atoms with Crippen molar-refractivity contribution in [3.05, 3.63) is 35.6 Å². The minimum absolute atomic E-state index is 0.172. The van der Waals surface area contributed by atoms with Crippen LogP contribution in [0.15, 0.2) is 24.3 Å². The van der Waals surface area contributed by atoms with Crippen LogP contribution in [0.3, 0.4) is 0 Å². The van der Waals surface area contributed by atoms with E-state index in [1.165, 1.54) is 12.1 Å². The molecule has 1 heterocycles. The summed E-state index contributed by atoms with van der Waals surface area (Å²) in [5, 5.41) is 3.51. The molecule has 0 unspecified atom stereocenters. The zero-order valence-corrected chi connectivity index (χ0v) is 11.1. The number of urea groups is 1. The molecule has 1 saturated heterocycles. The van der Waals surface area contributed by atoms with Gasteiger partial charge < -0.3 is 16.0 Å². The maximum absolute atomic E-state index is 12.9. The Bertz CT molecular complexity index is 427. The fourth-order valence-electron chi connectivity index (χ4n) is 2.47. The van der Waals surface area contributed by atoms with Crippen molar-refractivity contribution in [1.82, 2.24) is 10.2 Å². The standard InChI is InChI=1S/C14H20FN3O/c1-10(11-2-4-12(15)5-3-11)17-13-6-8-18(9-7-13)14(16)19/h2-5,10,13,17H,6-9H2,1H3,(H2,16,19)/t10-/m1/s1. The highest BCUT2D eigenvalue weighted by atomic mass is 19.1. The number of amides is 2. The Morgan fingerprint density at radius 2 is 1.95 bits per heavy atom. The summed E-state index contributed by atoms with van der Waals surface area (Å²) in [4.78, 5) is 12.7. The molecule has 5 heteroatoms. The topological polar surface area (TPSA) is 58.4 Å². The predicted octanol–water partition coefficient (Wildman–Crippen LogP) is 2.02. The Kier molecular flexibility index (Phi) is 4.37. The Labute approximate surface area is 112 Å². The number of benzene rings is 1. The van der Waals surface area contributed by atoms with E-state index in [0.29, 0.717) is 19.1 Å². The molecule has 2 amide bonds. The molecule has 1 aliphatic heterocycles. The molecule has 0 aromatic heterocycles. The minimum Gasteiger partial charge on any atom is -0.351 e. The zero-order chi connectivity index (χ0) is 13.8. The number of nitrogens with zero attached hydrogens (tertiary/aromatic N) is 1. The number of carbonyl (C=O) groups is 1. The van der Waals surface area contributed by atoms with Crippen LogP contribution in [0.25, 0.3) is 0 Å². The molecule has 0 radical (unpaired) electrons. The summed E-state index contributed by atoms with van der Waals surface area (Å²) in [6.07, 6.45) is 1.79. The van der Waals surface area contributed by atoms with E-state index in [9.17, 15) is 9.18 Å². The van der Waals surface area contributed by atoms with Crippen LogP contribution in [0, 0.1) is 5.82 Å². The van der Waals surface area contributed by atoms with Crippen molar-refractivity contribution >= 4 is 6.03 Å². The number of nitrogens with two attached hydrogens (primary N) is 1. The lowest BCUT2D eigenvalue weighted by Crippen LogP contribution is -2.47. The molecule has 104 valence electrons. The molecule has 0 bridgehead atoms. The molecular weight excluding hydrogens is 245 g/mol. The highest BCUT2D eigenvalue weighted by molar-refractivity contribution is 5.72. The second kappa shape index (κ2) is 6.02. The quantitative estimate of drug-likeness (QED) is 0.878. The van der Waals surface area contributed by atoms with Gasteiger partial charge in [-0.1, -0.05) is 12.1 Å². The van der Waals surface area contributed by atoms with Crippen molar-refractivity contribution in [2.45, 2.75) is 31.8 Å². The molecule has 1 aromatic rings. The van der Waals surface area contributed by atoms with Crippen LogP contribution in [0.1, 0.15) is 31.4 Å². The average molecular weight is 265 g/mol. The maximum Gasteiger partial charge on any atom is 0.314 e. The fourth-order valence-corrected chi connectivity index (χ4v) is 2.47. The molecule has 0 aliphatic carbocycles. The van der Waals surface area contributed by atoms with Gasteiger partial charge in [0.05, 0.1) is 0 Å². The summed E-state index contributed by atoms with van der Waals surface area (Å²) in [6.45, 7) is 3.46. The summed E-state index contributed by atoms with van der Waals surface area (Å²) in [5.41, 5.74) is 6.32. The first-order chi connectivity index (χ1) is 9.06. The van der Waals surface area contributed by atoms with Gasteiger partial charge in [0.1, 0.15) is 5.82 Å². The highest BCUT2D eigenvalue weighted by Crippen LogP contribution is 2.17. The summed E-state index contributed by atoms with van der Waals surface area (Å²) in [5.74, 6) is -0.217. The van der Waals surface area contributed by atoms with Crippen molar-refractivity contribution in [3.8, 4) is 0 Å². The van der Waals surface area contributed by atoms with E-state index in [1.807, 2.05) is 0 Å². The lowest BCUT2D eigenvalue weighted by atomic mass is 10.0. The largest absolute Gasteiger partial charge is 0.351 e. The smallest absolute Gasteiger partial charge is 0.314 e. The Morgan fingerprint density at radius 1 is 1.37 bits per heavy atom. The molecule has 19 heavy (non-hydrogen) atoms. The van der Waals surface area contributed by atoms with Crippen molar-refractivity contribution in [1.29, 1.82) is 0 Å². The average Bonchev–Trinajstić information content (AvgIpc) is 2.40. The minimum atomic E-state index is -0.343. The number of halogens is 1. The van der Waals surface area contributed by atoms with Gasteiger partial charge >= 0.3 is 6.03 Å². The summed E-state index contributed by atoms with van der Waals surface area (Å²) in [7, 11) is 0. The van der Waals surface area contributed by atoms with Gasteiger partial charge in [-0.2, -0.15) is 0 Å². The van der Waals surface area contributed by atoms with E-state index in [2.05, 4.69) is 12.2 Å². The third-order valence-corrected chi connectivity index (χ3v) is 3.66. The van der Waals surface area contributed by atoms with E-state index in [1.54, 1.807) is 17.0 Å². The van der Waals surface area contributed by atoms with Crippen LogP contribution < -0.4 is 11.1 Å². The molecule has 0 saturated carbocycles. The number of primary amides is 1. The molecule has 4 nitrogen and oxygen atoms in total. The van der Waals surface area contributed by atoms with Gasteiger partial charge in [0.15, 0.2) is 0 Å². The molecule has 3 N–H and O–H groups in total. The monoisotopic (exact) mass is 265 g/mol. The van der Waals surface area contributed by atoms with Gasteiger partial charge in [0, 0.05) is 25.2 Å². The summed E-state index contributed by atoms with van der Waals surface area (Å²) in [6, 6.07) is 6.75. The van der Waals surface area contributed by atoms with Crippen LogP contribution in [0.5, 0.6) is 0 Å². The molecule has 1 atom stereocenters. The zero-order valence-electron chi connectivity index (χ0n) is 11.1. The second-order valence-corrected chi connectivity index (χ2v) is 5.04. The lowest BCUT2D eigenvalue weighted by Gasteiger charge is -2.33. The van der Waals surface area contributed by atoms with Crippen LogP contribution in [0.4, 0.5) is 9.18 Å². The van der Waals surface area contributed by atoms with E-state index in [-0.39, 0.29) is 17.9 Å². The first-order valence-electron chi connectivity index (χ1n) is 6.62. The molecule has 1 aromatic carbocycles. The molecule has 2 rings (SSSR count). The van der Waals surface area contributed by atoms with Crippen LogP contribution in [0.2, 0.25) is 0 Å². The highest BCUT2D eigenvalue weighted by Gasteiger charge is 2.22. The summed E-state index contributed by atoms with van der Waals surface area (Å²) < 4.78 is 12.9. The number of nitrogens with one attached hydrogen (secondary N) is 1. The number of piperidine rings is 1. The van der Waals surface area contributed by atoms with Gasteiger partial charge in [-0.25, -0.2) is 9.18 Å². The molecular formula is C14H20FN3O. The Hall–Kier alpha value is -1.62. The van der Waals surface area contributed by atoms with Gasteiger partial charge in [-0.15, -0.1) is 0 Å². The first kappa shape index (κ1) is 13.8. The van der Waals surface area contributed by atoms with Gasteiger partial charge in [0.25, 0.3) is 0 Å². The third kappa shape index (κ3) is 3.67. The fraction of sp³-hybridized carbons (Fsp3) is 0.500. The maximum atomic E-state index is 12.9. The van der Waals surface area contributed by atoms with Crippen LogP contribution >= 0.6 is 0 Å². The van der Waals surface area contributed by atoms with Crippen LogP contribution in [-0.2, 0) is 0 Å². The normalized spacial score (nSPS) is 18.3. The van der Waals surface area contributed by atoms with Crippen molar-refractivity contribution < 1.29 is 9.18 Å². The van der Waals surface area contributed by atoms with E-state index >= 15 is 0 Å². The predicted molar refractivity (Wildman–Crippen MR) is 72.1 cm³/mol. The lowest BCUT2D eigenvalue weighted by molar-refractivity contribution is 0.183. The Balaban J connectivity index is 1.85. The van der Waals surface area contributed by atoms with E-state index < -0.39 is 0 Å². The number of hydrogen-bond donors (Lipinski definition) is 2. The molecule has 1 aliphatic rings. The van der Waals surface area contributed by atoms with Gasteiger partial charge in [0.2, 0.25) is 0 Å². The molecule has 1 fully saturated rings. The SMILES string of the molecule is C[C@@H](NC1CCN(C(N)=O)CC1)c1ccc(F)cc1. The first-order valence-corrected chi connectivity index (χ1v) is 6.62. The molecule has 0 spiro atoms. The van der Waals surface area contributed by atoms with Gasteiger partial charge in [-0.05, 0) is 37.5 Å². The Morgan fingerprint density at radius 3 is 2.47 bits per heavy atom. The van der Waals surface area contributed by atoms with Crippen molar-refractivity contribution in [2.75, 3.05) is 13.1 Å². The number of likely N-dealkylation sites (tertiary alicyclic amines) is 1. The van der Waals surface area contributed by atoms with Crippen LogP contribution in [-0.4, -0.2) is 30.1 Å². The van der Waals surface area contributed by atoms with Crippen molar-refractivity contribution in [3.63, 3.8) is 0 Å². The van der Waals surface area contributed by atoms with Crippen molar-refractivity contribution in [2.24, 2.45) is 5.73 Å². The number of hydrogen-bond acceptors (Lipinski definition) is 2. The number of rotatable bonds is 3. The summed E-state index contributed by atoms with van der Waals surface area (Å²) >= 11 is 0. The number of carbonyl (C=O) groups excluding carboxylic acids is 1. The van der Waals surface area contributed by atoms with E-state index in [0.717, 1.165) is 18.4 Å². The van der Waals surface area contributed by atoms with Gasteiger partial charge in [-0.3, -0.25) is 0 Å². The second-order valence-electron chi connectivity index (χ2n) is 5.04.